The van der Waals surface area contributed by atoms with Gasteiger partial charge in [-0.15, -0.1) is 0 Å². The lowest BCUT2D eigenvalue weighted by Crippen LogP contribution is -2.51. The molecule has 2 nitrogen and oxygen atoms in total. The van der Waals surface area contributed by atoms with Crippen LogP contribution in [0.3, 0.4) is 0 Å². The van der Waals surface area contributed by atoms with Crippen LogP contribution in [0.2, 0.25) is 0 Å². The van der Waals surface area contributed by atoms with Crippen molar-refractivity contribution >= 4 is 0 Å². The van der Waals surface area contributed by atoms with Gasteiger partial charge in [-0.1, -0.05) is 6.92 Å². The second kappa shape index (κ2) is 1.21. The van der Waals surface area contributed by atoms with E-state index in [1.54, 1.807) is 0 Å². The first-order valence-electron chi connectivity index (χ1n) is 2.22. The molecule has 1 saturated heterocycles. The number of hydrogen-bond donors (Lipinski definition) is 2. The zero-order chi connectivity index (χ0) is 4.57. The highest BCUT2D eigenvalue weighted by atomic mass is 16.3. The predicted octanol–water partition coefficient (Wildman–Crippen LogP) is -0.456. The maximum Gasteiger partial charge on any atom is 0.108 e. The second-order valence-electron chi connectivity index (χ2n) is 1.83. The third-order valence-corrected chi connectivity index (χ3v) is 1.19. The van der Waals surface area contributed by atoms with E-state index in [-0.39, 0.29) is 6.23 Å². The van der Waals surface area contributed by atoms with Crippen molar-refractivity contribution in [3.8, 4) is 0 Å². The van der Waals surface area contributed by atoms with Gasteiger partial charge >= 0.3 is 0 Å². The Labute approximate surface area is 37.2 Å². The SMILES string of the molecule is CC1CNC1O. The van der Waals surface area contributed by atoms with Crippen molar-refractivity contribution in [2.75, 3.05) is 6.54 Å². The average molecular weight is 87.1 g/mol. The minimum atomic E-state index is -0.218. The zero-order valence-electron chi connectivity index (χ0n) is 3.81. The molecule has 2 N–H and O–H groups in total. The molecule has 0 bridgehead atoms. The van der Waals surface area contributed by atoms with Crippen molar-refractivity contribution in [1.29, 1.82) is 0 Å². The van der Waals surface area contributed by atoms with Gasteiger partial charge in [0.05, 0.1) is 0 Å². The lowest BCUT2D eigenvalue weighted by molar-refractivity contribution is 0.0167. The van der Waals surface area contributed by atoms with Crippen LogP contribution in [0.1, 0.15) is 6.92 Å². The zero-order valence-corrected chi connectivity index (χ0v) is 3.81. The van der Waals surface area contributed by atoms with Crippen LogP contribution in [0.25, 0.3) is 0 Å². The van der Waals surface area contributed by atoms with E-state index in [0.717, 1.165) is 6.54 Å². The lowest BCUT2D eigenvalue weighted by atomic mass is 10.0. The first-order valence-corrected chi connectivity index (χ1v) is 2.22. The van der Waals surface area contributed by atoms with E-state index in [9.17, 15) is 0 Å². The summed E-state index contributed by atoms with van der Waals surface area (Å²) in [6, 6.07) is 0. The van der Waals surface area contributed by atoms with Crippen molar-refractivity contribution in [2.24, 2.45) is 5.92 Å². The highest BCUT2D eigenvalue weighted by Crippen LogP contribution is 2.06. The summed E-state index contributed by atoms with van der Waals surface area (Å²) in [6.45, 7) is 2.99. The van der Waals surface area contributed by atoms with E-state index in [0.29, 0.717) is 5.92 Å². The Hall–Kier alpha value is -0.0800. The van der Waals surface area contributed by atoms with Crippen molar-refractivity contribution in [3.05, 3.63) is 0 Å². The standard InChI is InChI=1S/C4H9NO/c1-3-2-5-4(3)6/h3-6H,2H2,1H3. The van der Waals surface area contributed by atoms with Crippen LogP contribution >= 0.6 is 0 Å². The lowest BCUT2D eigenvalue weighted by Gasteiger charge is -2.30. The van der Waals surface area contributed by atoms with Gasteiger partial charge in [-0.2, -0.15) is 0 Å². The van der Waals surface area contributed by atoms with Crippen LogP contribution in [-0.4, -0.2) is 17.9 Å². The Bertz CT molecular complexity index is 47.5. The van der Waals surface area contributed by atoms with Crippen LogP contribution < -0.4 is 5.32 Å². The van der Waals surface area contributed by atoms with Crippen LogP contribution in [0.4, 0.5) is 0 Å². The fraction of sp³-hybridized carbons (Fsp3) is 1.00. The maximum absolute atomic E-state index is 8.61. The molecule has 0 aliphatic carbocycles. The first-order chi connectivity index (χ1) is 2.80. The van der Waals surface area contributed by atoms with Gasteiger partial charge in [0.1, 0.15) is 6.23 Å². The van der Waals surface area contributed by atoms with Gasteiger partial charge < -0.3 is 5.11 Å². The summed E-state index contributed by atoms with van der Waals surface area (Å²) in [6.07, 6.45) is -0.218. The van der Waals surface area contributed by atoms with Crippen molar-refractivity contribution < 1.29 is 5.11 Å². The summed E-state index contributed by atoms with van der Waals surface area (Å²) >= 11 is 0. The summed E-state index contributed by atoms with van der Waals surface area (Å²) in [5.41, 5.74) is 0. The molecule has 0 saturated carbocycles. The molecule has 36 valence electrons. The number of rotatable bonds is 0. The number of nitrogens with one attached hydrogen (secondary N) is 1. The molecule has 0 aromatic rings. The number of hydrogen-bond acceptors (Lipinski definition) is 2. The highest BCUT2D eigenvalue weighted by molar-refractivity contribution is 4.74. The molecule has 1 fully saturated rings. The third kappa shape index (κ3) is 0.420. The summed E-state index contributed by atoms with van der Waals surface area (Å²) < 4.78 is 0. The first kappa shape index (κ1) is 4.09. The van der Waals surface area contributed by atoms with Crippen LogP contribution in [0, 0.1) is 5.92 Å². The molecule has 1 rings (SSSR count). The second-order valence-corrected chi connectivity index (χ2v) is 1.83. The minimum Gasteiger partial charge on any atom is -0.378 e. The molecule has 0 aromatic carbocycles. The Balaban J connectivity index is 2.20. The molecular weight excluding hydrogens is 78.0 g/mol. The summed E-state index contributed by atoms with van der Waals surface area (Å²) in [5.74, 6) is 0.477. The molecule has 1 aliphatic heterocycles. The largest absolute Gasteiger partial charge is 0.378 e. The Morgan fingerprint density at radius 2 is 2.33 bits per heavy atom. The minimum absolute atomic E-state index is 0.218. The molecule has 0 amide bonds. The number of aliphatic hydroxyl groups excluding tert-OH is 1. The Morgan fingerprint density at radius 1 is 1.83 bits per heavy atom. The van der Waals surface area contributed by atoms with Crippen molar-refractivity contribution in [2.45, 2.75) is 13.2 Å². The quantitative estimate of drug-likeness (QED) is 0.419. The highest BCUT2D eigenvalue weighted by Gasteiger charge is 2.21. The van der Waals surface area contributed by atoms with Gasteiger partial charge in [0.2, 0.25) is 0 Å². The predicted molar refractivity (Wildman–Crippen MR) is 23.2 cm³/mol. The molecule has 2 atom stereocenters. The molecular formula is C4H9NO. The van der Waals surface area contributed by atoms with E-state index in [4.69, 9.17) is 5.11 Å². The van der Waals surface area contributed by atoms with E-state index < -0.39 is 0 Å². The van der Waals surface area contributed by atoms with Gasteiger partial charge in [-0.05, 0) is 0 Å². The monoisotopic (exact) mass is 87.1 g/mol. The topological polar surface area (TPSA) is 32.3 Å². The van der Waals surface area contributed by atoms with Crippen LogP contribution in [-0.2, 0) is 0 Å². The Morgan fingerprint density at radius 3 is 2.33 bits per heavy atom. The van der Waals surface area contributed by atoms with E-state index >= 15 is 0 Å². The summed E-state index contributed by atoms with van der Waals surface area (Å²) in [5, 5.41) is 11.4. The van der Waals surface area contributed by atoms with Gasteiger partial charge in [0.15, 0.2) is 0 Å². The van der Waals surface area contributed by atoms with Crippen LogP contribution in [0.15, 0.2) is 0 Å². The summed E-state index contributed by atoms with van der Waals surface area (Å²) in [4.78, 5) is 0. The summed E-state index contributed by atoms with van der Waals surface area (Å²) in [7, 11) is 0. The van der Waals surface area contributed by atoms with E-state index in [1.165, 1.54) is 0 Å². The van der Waals surface area contributed by atoms with Gasteiger partial charge in [-0.25, -0.2) is 0 Å². The molecule has 2 unspecified atom stereocenters. The van der Waals surface area contributed by atoms with E-state index in [2.05, 4.69) is 5.32 Å². The van der Waals surface area contributed by atoms with Gasteiger partial charge in [0, 0.05) is 12.5 Å². The van der Waals surface area contributed by atoms with Gasteiger partial charge in [-0.3, -0.25) is 5.32 Å². The smallest absolute Gasteiger partial charge is 0.108 e. The van der Waals surface area contributed by atoms with E-state index in [1.807, 2.05) is 6.92 Å². The molecule has 0 aromatic heterocycles. The van der Waals surface area contributed by atoms with Crippen molar-refractivity contribution in [1.82, 2.24) is 5.32 Å². The Kier molecular flexibility index (Phi) is 0.821. The van der Waals surface area contributed by atoms with Gasteiger partial charge in [0.25, 0.3) is 0 Å². The maximum atomic E-state index is 8.61. The number of aliphatic hydroxyl groups is 1. The van der Waals surface area contributed by atoms with Crippen LogP contribution in [0.5, 0.6) is 0 Å². The molecule has 6 heavy (non-hydrogen) atoms. The fourth-order valence-electron chi connectivity index (χ4n) is 0.459. The molecule has 0 spiro atoms. The normalized spacial score (nSPS) is 45.0. The average Bonchev–Trinajstić information content (AvgIpc) is 1.61. The molecule has 1 aliphatic rings. The molecule has 0 radical (unpaired) electrons. The fourth-order valence-corrected chi connectivity index (χ4v) is 0.459. The third-order valence-electron chi connectivity index (χ3n) is 1.19. The van der Waals surface area contributed by atoms with Crippen molar-refractivity contribution in [3.63, 3.8) is 0 Å². The molecule has 1 heterocycles. The molecule has 2 heteroatoms.